The zero-order chi connectivity index (χ0) is 15.0. The maximum absolute atomic E-state index is 12.2. The van der Waals surface area contributed by atoms with Gasteiger partial charge in [0.2, 0.25) is 0 Å². The lowest BCUT2D eigenvalue weighted by atomic mass is 10.00. The van der Waals surface area contributed by atoms with Crippen LogP contribution in [0.4, 0.5) is 0 Å². The second-order valence-electron chi connectivity index (χ2n) is 5.79. The van der Waals surface area contributed by atoms with Gasteiger partial charge in [0.05, 0.1) is 0 Å². The van der Waals surface area contributed by atoms with E-state index in [0.717, 1.165) is 38.5 Å². The molecule has 120 valence electrons. The van der Waals surface area contributed by atoms with Crippen LogP contribution in [0.25, 0.3) is 0 Å². The molecule has 0 aromatic carbocycles. The van der Waals surface area contributed by atoms with Crippen molar-refractivity contribution in [3.63, 3.8) is 0 Å². The molecule has 0 saturated carbocycles. The van der Waals surface area contributed by atoms with Crippen LogP contribution >= 0.6 is 0 Å². The third-order valence-electron chi connectivity index (χ3n) is 4.27. The summed E-state index contributed by atoms with van der Waals surface area (Å²) < 4.78 is 28.7. The van der Waals surface area contributed by atoms with Crippen LogP contribution in [0.15, 0.2) is 0 Å². The van der Waals surface area contributed by atoms with Gasteiger partial charge in [0.25, 0.3) is 10.2 Å². The molecule has 1 atom stereocenters. The summed E-state index contributed by atoms with van der Waals surface area (Å²) in [7, 11) is -3.34. The van der Waals surface area contributed by atoms with Gasteiger partial charge in [0, 0.05) is 26.2 Å². The number of nitrogens with one attached hydrogen (secondary N) is 1. The number of unbranched alkanes of at least 4 members (excludes halogenated alkanes) is 1. The molecule has 1 aliphatic heterocycles. The minimum absolute atomic E-state index is 0.163. The highest BCUT2D eigenvalue weighted by atomic mass is 32.2. The van der Waals surface area contributed by atoms with Gasteiger partial charge in [0.15, 0.2) is 0 Å². The molecule has 6 heteroatoms. The third kappa shape index (κ3) is 5.68. The molecule has 5 nitrogen and oxygen atoms in total. The van der Waals surface area contributed by atoms with Crippen molar-refractivity contribution in [3.8, 4) is 0 Å². The second-order valence-corrected chi connectivity index (χ2v) is 7.55. The lowest BCUT2D eigenvalue weighted by Crippen LogP contribution is -2.46. The number of aliphatic hydroxyl groups excluding tert-OH is 1. The van der Waals surface area contributed by atoms with E-state index >= 15 is 0 Å². The molecule has 1 fully saturated rings. The largest absolute Gasteiger partial charge is 0.396 e. The van der Waals surface area contributed by atoms with E-state index < -0.39 is 10.2 Å². The second kappa shape index (κ2) is 8.97. The van der Waals surface area contributed by atoms with Crippen molar-refractivity contribution < 1.29 is 13.5 Å². The maximum atomic E-state index is 12.2. The molecule has 1 rings (SSSR count). The molecular formula is C14H30N2O3S. The van der Waals surface area contributed by atoms with Crippen LogP contribution in [0, 0.1) is 11.8 Å². The van der Waals surface area contributed by atoms with Gasteiger partial charge in [-0.15, -0.1) is 0 Å². The first kappa shape index (κ1) is 17.9. The van der Waals surface area contributed by atoms with E-state index in [1.54, 1.807) is 0 Å². The fraction of sp³-hybridized carbons (Fsp3) is 1.00. The van der Waals surface area contributed by atoms with E-state index in [9.17, 15) is 8.42 Å². The quantitative estimate of drug-likeness (QED) is 0.682. The van der Waals surface area contributed by atoms with Crippen molar-refractivity contribution in [2.45, 2.75) is 52.4 Å². The summed E-state index contributed by atoms with van der Waals surface area (Å²) in [6.07, 6.45) is 5.91. The van der Waals surface area contributed by atoms with E-state index in [0.29, 0.717) is 25.6 Å². The normalized spacial score (nSPS) is 20.1. The average Bonchev–Trinajstić information content (AvgIpc) is 2.47. The summed E-state index contributed by atoms with van der Waals surface area (Å²) >= 11 is 0. The summed E-state index contributed by atoms with van der Waals surface area (Å²) in [6, 6.07) is 0. The highest BCUT2D eigenvalue weighted by Crippen LogP contribution is 2.19. The van der Waals surface area contributed by atoms with E-state index in [1.807, 2.05) is 0 Å². The number of hydrogen-bond acceptors (Lipinski definition) is 3. The standard InChI is InChI=1S/C14H30N2O3S/c1-3-5-6-13(4-2)11-15-20(18,19)16-9-7-14(12-17)8-10-16/h13-15,17H,3-12H2,1-2H3. The number of hydrogen-bond donors (Lipinski definition) is 2. The molecule has 1 aliphatic rings. The van der Waals surface area contributed by atoms with Crippen LogP contribution in [0.1, 0.15) is 52.4 Å². The predicted molar refractivity (Wildman–Crippen MR) is 81.6 cm³/mol. The molecular weight excluding hydrogens is 276 g/mol. The Balaban J connectivity index is 2.41. The molecule has 1 saturated heterocycles. The SMILES string of the molecule is CCCCC(CC)CNS(=O)(=O)N1CCC(CO)CC1. The molecule has 0 aliphatic carbocycles. The van der Waals surface area contributed by atoms with E-state index in [1.165, 1.54) is 4.31 Å². The zero-order valence-corrected chi connectivity index (χ0v) is 13.7. The topological polar surface area (TPSA) is 69.6 Å². The zero-order valence-electron chi connectivity index (χ0n) is 12.8. The van der Waals surface area contributed by atoms with Gasteiger partial charge < -0.3 is 5.11 Å². The van der Waals surface area contributed by atoms with Crippen LogP contribution in [0.3, 0.4) is 0 Å². The first-order chi connectivity index (χ1) is 9.53. The van der Waals surface area contributed by atoms with Gasteiger partial charge in [-0.2, -0.15) is 12.7 Å². The Morgan fingerprint density at radius 3 is 2.45 bits per heavy atom. The Morgan fingerprint density at radius 2 is 1.95 bits per heavy atom. The fourth-order valence-electron chi connectivity index (χ4n) is 2.59. The third-order valence-corrected chi connectivity index (χ3v) is 5.85. The Morgan fingerprint density at radius 1 is 1.30 bits per heavy atom. The predicted octanol–water partition coefficient (Wildman–Crippen LogP) is 1.74. The van der Waals surface area contributed by atoms with Crippen LogP contribution < -0.4 is 4.72 Å². The van der Waals surface area contributed by atoms with E-state index in [2.05, 4.69) is 18.6 Å². The Hall–Kier alpha value is -0.170. The lowest BCUT2D eigenvalue weighted by Gasteiger charge is -2.30. The van der Waals surface area contributed by atoms with Crippen molar-refractivity contribution >= 4 is 10.2 Å². The molecule has 0 aromatic heterocycles. The minimum atomic E-state index is -3.34. The van der Waals surface area contributed by atoms with Crippen molar-refractivity contribution in [3.05, 3.63) is 0 Å². The van der Waals surface area contributed by atoms with Crippen molar-refractivity contribution in [2.24, 2.45) is 11.8 Å². The average molecular weight is 306 g/mol. The summed E-state index contributed by atoms with van der Waals surface area (Å²) in [5.41, 5.74) is 0. The van der Waals surface area contributed by atoms with Crippen molar-refractivity contribution in [1.29, 1.82) is 0 Å². The van der Waals surface area contributed by atoms with Crippen LogP contribution in [-0.2, 0) is 10.2 Å². The van der Waals surface area contributed by atoms with Crippen molar-refractivity contribution in [2.75, 3.05) is 26.2 Å². The number of piperidine rings is 1. The number of rotatable bonds is 9. The van der Waals surface area contributed by atoms with Gasteiger partial charge in [0.1, 0.15) is 0 Å². The van der Waals surface area contributed by atoms with Crippen molar-refractivity contribution in [1.82, 2.24) is 9.03 Å². The summed E-state index contributed by atoms with van der Waals surface area (Å²) in [6.45, 7) is 6.01. The molecule has 2 N–H and O–H groups in total. The van der Waals surface area contributed by atoms with Crippen LogP contribution in [-0.4, -0.2) is 44.1 Å². The minimum Gasteiger partial charge on any atom is -0.396 e. The molecule has 0 spiro atoms. The van der Waals surface area contributed by atoms with Crippen LogP contribution in [0.2, 0.25) is 0 Å². The molecule has 0 bridgehead atoms. The van der Waals surface area contributed by atoms with Gasteiger partial charge >= 0.3 is 0 Å². The van der Waals surface area contributed by atoms with Gasteiger partial charge in [-0.25, -0.2) is 4.72 Å². The van der Waals surface area contributed by atoms with Gasteiger partial charge in [-0.3, -0.25) is 0 Å². The number of aliphatic hydroxyl groups is 1. The summed E-state index contributed by atoms with van der Waals surface area (Å²) in [4.78, 5) is 0. The molecule has 20 heavy (non-hydrogen) atoms. The Bertz CT molecular complexity index is 351. The summed E-state index contributed by atoms with van der Waals surface area (Å²) in [5.74, 6) is 0.689. The van der Waals surface area contributed by atoms with E-state index in [-0.39, 0.29) is 12.5 Å². The molecule has 1 heterocycles. The molecule has 0 radical (unpaired) electrons. The maximum Gasteiger partial charge on any atom is 0.279 e. The van der Waals surface area contributed by atoms with Gasteiger partial charge in [-0.05, 0) is 31.1 Å². The molecule has 0 amide bonds. The first-order valence-corrected chi connectivity index (χ1v) is 9.33. The molecule has 1 unspecified atom stereocenters. The fourth-order valence-corrected chi connectivity index (χ4v) is 3.91. The Kier molecular flexibility index (Phi) is 8.02. The number of nitrogens with zero attached hydrogens (tertiary/aromatic N) is 1. The lowest BCUT2D eigenvalue weighted by molar-refractivity contribution is 0.169. The monoisotopic (exact) mass is 306 g/mol. The van der Waals surface area contributed by atoms with E-state index in [4.69, 9.17) is 5.11 Å². The highest BCUT2D eigenvalue weighted by molar-refractivity contribution is 7.87. The first-order valence-electron chi connectivity index (χ1n) is 7.89. The smallest absolute Gasteiger partial charge is 0.279 e. The highest BCUT2D eigenvalue weighted by Gasteiger charge is 2.27. The van der Waals surface area contributed by atoms with Crippen LogP contribution in [0.5, 0.6) is 0 Å². The molecule has 0 aromatic rings. The summed E-state index contributed by atoms with van der Waals surface area (Å²) in [5, 5.41) is 9.09. The van der Waals surface area contributed by atoms with Gasteiger partial charge in [-0.1, -0.05) is 33.1 Å². The Labute approximate surface area is 123 Å².